The van der Waals surface area contributed by atoms with Gasteiger partial charge in [-0.15, -0.1) is 0 Å². The lowest BCUT2D eigenvalue weighted by Gasteiger charge is -2.32. The van der Waals surface area contributed by atoms with Crippen molar-refractivity contribution >= 4 is 0 Å². The van der Waals surface area contributed by atoms with Gasteiger partial charge in [-0.25, -0.2) is 4.39 Å². The smallest absolute Gasteiger partial charge is 0.131 e. The van der Waals surface area contributed by atoms with Crippen molar-refractivity contribution in [3.63, 3.8) is 0 Å². The highest BCUT2D eigenvalue weighted by atomic mass is 19.1. The van der Waals surface area contributed by atoms with Crippen molar-refractivity contribution in [1.29, 1.82) is 0 Å². The summed E-state index contributed by atoms with van der Waals surface area (Å²) in [5, 5.41) is 7.36. The summed E-state index contributed by atoms with van der Waals surface area (Å²) in [5.41, 5.74) is 3.92. The largest absolute Gasteiger partial charge is 0.298 e. The van der Waals surface area contributed by atoms with E-state index in [0.717, 1.165) is 43.7 Å². The van der Waals surface area contributed by atoms with Crippen LogP contribution in [0.3, 0.4) is 0 Å². The maximum absolute atomic E-state index is 14.2. The summed E-state index contributed by atoms with van der Waals surface area (Å²) in [6.07, 6.45) is 4.01. The van der Waals surface area contributed by atoms with Crippen molar-refractivity contribution in [3.8, 4) is 11.1 Å². The Bertz CT molecular complexity index is 828. The van der Waals surface area contributed by atoms with E-state index < -0.39 is 0 Å². The molecule has 1 aliphatic heterocycles. The lowest BCUT2D eigenvalue weighted by Crippen LogP contribution is -2.34. The van der Waals surface area contributed by atoms with Crippen LogP contribution in [0.5, 0.6) is 0 Å². The van der Waals surface area contributed by atoms with E-state index in [1.165, 1.54) is 11.6 Å². The Balaban J connectivity index is 1.55. The fourth-order valence-corrected chi connectivity index (χ4v) is 3.78. The van der Waals surface area contributed by atoms with Crippen LogP contribution in [0.15, 0.2) is 60.8 Å². The van der Waals surface area contributed by atoms with Crippen LogP contribution in [0.25, 0.3) is 11.1 Å². The Morgan fingerprint density at radius 2 is 1.84 bits per heavy atom. The first-order chi connectivity index (χ1) is 12.3. The van der Waals surface area contributed by atoms with Crippen LogP contribution in [0.1, 0.15) is 30.0 Å². The number of hydrogen-bond donors (Lipinski definition) is 1. The summed E-state index contributed by atoms with van der Waals surface area (Å²) in [6.45, 7) is 3.04. The van der Waals surface area contributed by atoms with Gasteiger partial charge < -0.3 is 0 Å². The number of likely N-dealkylation sites (tertiary alicyclic amines) is 1. The Labute approximate surface area is 147 Å². The van der Waals surface area contributed by atoms with Gasteiger partial charge in [-0.2, -0.15) is 5.10 Å². The number of H-pyrrole nitrogens is 1. The van der Waals surface area contributed by atoms with Gasteiger partial charge in [-0.3, -0.25) is 10.00 Å². The summed E-state index contributed by atoms with van der Waals surface area (Å²) in [5.74, 6) is 0.164. The number of hydrogen-bond acceptors (Lipinski definition) is 2. The molecular weight excluding hydrogens is 313 g/mol. The molecule has 1 aromatic heterocycles. The van der Waals surface area contributed by atoms with Crippen LogP contribution >= 0.6 is 0 Å². The van der Waals surface area contributed by atoms with Gasteiger partial charge in [0.1, 0.15) is 5.82 Å². The topological polar surface area (TPSA) is 31.9 Å². The standard InChI is InChI=1S/C21H22FN3/c22-20-11-5-4-10-18(20)19-13-23-24-21(19)17-9-6-12-25(15-17)14-16-7-2-1-3-8-16/h1-5,7-8,10-11,13,17H,6,9,12,14-15H2,(H,23,24). The third kappa shape index (κ3) is 3.49. The molecule has 1 N–H and O–H groups in total. The molecule has 1 aliphatic rings. The zero-order chi connectivity index (χ0) is 17.1. The van der Waals surface area contributed by atoms with Gasteiger partial charge >= 0.3 is 0 Å². The van der Waals surface area contributed by atoms with E-state index in [9.17, 15) is 4.39 Å². The van der Waals surface area contributed by atoms with Crippen LogP contribution in [-0.2, 0) is 6.54 Å². The van der Waals surface area contributed by atoms with Crippen LogP contribution in [-0.4, -0.2) is 28.2 Å². The normalized spacial score (nSPS) is 18.4. The number of halogens is 1. The minimum Gasteiger partial charge on any atom is -0.298 e. The van der Waals surface area contributed by atoms with Crippen LogP contribution < -0.4 is 0 Å². The van der Waals surface area contributed by atoms with E-state index in [1.54, 1.807) is 12.3 Å². The molecule has 3 aromatic rings. The molecule has 2 heterocycles. The fourth-order valence-electron chi connectivity index (χ4n) is 3.78. The second-order valence-corrected chi connectivity index (χ2v) is 6.74. The molecule has 0 aliphatic carbocycles. The number of aromatic nitrogens is 2. The van der Waals surface area contributed by atoms with Crippen molar-refractivity contribution in [1.82, 2.24) is 15.1 Å². The van der Waals surface area contributed by atoms with Crippen molar-refractivity contribution < 1.29 is 4.39 Å². The highest BCUT2D eigenvalue weighted by Gasteiger charge is 2.25. The van der Waals surface area contributed by atoms with Gasteiger partial charge in [-0.05, 0) is 31.0 Å². The molecule has 2 aromatic carbocycles. The van der Waals surface area contributed by atoms with Crippen LogP contribution in [0.2, 0.25) is 0 Å². The molecule has 4 heteroatoms. The molecule has 1 saturated heterocycles. The number of nitrogens with one attached hydrogen (secondary N) is 1. The zero-order valence-corrected chi connectivity index (χ0v) is 14.2. The van der Waals surface area contributed by atoms with Crippen molar-refractivity contribution in [2.45, 2.75) is 25.3 Å². The number of rotatable bonds is 4. The van der Waals surface area contributed by atoms with Crippen molar-refractivity contribution in [3.05, 3.63) is 77.9 Å². The van der Waals surface area contributed by atoms with E-state index >= 15 is 0 Å². The van der Waals surface area contributed by atoms with Gasteiger partial charge in [0.05, 0.1) is 6.20 Å². The second kappa shape index (κ2) is 7.19. The monoisotopic (exact) mass is 335 g/mol. The second-order valence-electron chi connectivity index (χ2n) is 6.74. The van der Waals surface area contributed by atoms with E-state index in [2.05, 4.69) is 39.4 Å². The third-order valence-corrected chi connectivity index (χ3v) is 5.00. The molecule has 4 rings (SSSR count). The number of benzene rings is 2. The molecule has 1 fully saturated rings. The highest BCUT2D eigenvalue weighted by molar-refractivity contribution is 5.66. The lowest BCUT2D eigenvalue weighted by molar-refractivity contribution is 0.198. The SMILES string of the molecule is Fc1ccccc1-c1cn[nH]c1C1CCCN(Cc2ccccc2)C1. The summed E-state index contributed by atoms with van der Waals surface area (Å²) in [4.78, 5) is 2.48. The van der Waals surface area contributed by atoms with Crippen molar-refractivity contribution in [2.75, 3.05) is 13.1 Å². The molecule has 0 radical (unpaired) electrons. The van der Waals surface area contributed by atoms with E-state index in [-0.39, 0.29) is 5.82 Å². The molecular formula is C21H22FN3. The number of nitrogens with zero attached hydrogens (tertiary/aromatic N) is 2. The van der Waals surface area contributed by atoms with Crippen molar-refractivity contribution in [2.24, 2.45) is 0 Å². The van der Waals surface area contributed by atoms with Gasteiger partial charge in [0.25, 0.3) is 0 Å². The van der Waals surface area contributed by atoms with Gasteiger partial charge in [0.2, 0.25) is 0 Å². The first-order valence-electron chi connectivity index (χ1n) is 8.85. The van der Waals surface area contributed by atoms with Gasteiger partial charge in [0.15, 0.2) is 0 Å². The minimum atomic E-state index is -0.192. The van der Waals surface area contributed by atoms with Crippen LogP contribution in [0, 0.1) is 5.82 Å². The Kier molecular flexibility index (Phi) is 4.61. The Morgan fingerprint density at radius 3 is 2.68 bits per heavy atom. The predicted molar refractivity (Wildman–Crippen MR) is 97.7 cm³/mol. The van der Waals surface area contributed by atoms with E-state index in [4.69, 9.17) is 0 Å². The van der Waals surface area contributed by atoms with E-state index in [1.807, 2.05) is 18.2 Å². The average molecular weight is 335 g/mol. The molecule has 0 bridgehead atoms. The molecule has 1 atom stereocenters. The van der Waals surface area contributed by atoms with Gasteiger partial charge in [-0.1, -0.05) is 48.5 Å². The number of piperidine rings is 1. The molecule has 25 heavy (non-hydrogen) atoms. The first kappa shape index (κ1) is 16.0. The Hall–Kier alpha value is -2.46. The summed E-state index contributed by atoms with van der Waals surface area (Å²) in [7, 11) is 0. The highest BCUT2D eigenvalue weighted by Crippen LogP contribution is 2.34. The molecule has 0 amide bonds. The van der Waals surface area contributed by atoms with Crippen LogP contribution in [0.4, 0.5) is 4.39 Å². The Morgan fingerprint density at radius 1 is 1.04 bits per heavy atom. The first-order valence-corrected chi connectivity index (χ1v) is 8.85. The predicted octanol–water partition coefficient (Wildman–Crippen LogP) is 4.60. The average Bonchev–Trinajstić information content (AvgIpc) is 3.13. The summed E-state index contributed by atoms with van der Waals surface area (Å²) >= 11 is 0. The summed E-state index contributed by atoms with van der Waals surface area (Å²) in [6, 6.07) is 17.5. The third-order valence-electron chi connectivity index (χ3n) is 5.00. The zero-order valence-electron chi connectivity index (χ0n) is 14.2. The summed E-state index contributed by atoms with van der Waals surface area (Å²) < 4.78 is 14.2. The molecule has 0 spiro atoms. The maximum Gasteiger partial charge on any atom is 0.131 e. The fraction of sp³-hybridized carbons (Fsp3) is 0.286. The molecule has 1 unspecified atom stereocenters. The number of aromatic amines is 1. The molecule has 3 nitrogen and oxygen atoms in total. The quantitative estimate of drug-likeness (QED) is 0.756. The minimum absolute atomic E-state index is 0.192. The molecule has 0 saturated carbocycles. The van der Waals surface area contributed by atoms with E-state index in [0.29, 0.717) is 11.5 Å². The lowest BCUT2D eigenvalue weighted by atomic mass is 9.90. The maximum atomic E-state index is 14.2. The molecule has 128 valence electrons. The van der Waals surface area contributed by atoms with Gasteiger partial charge in [0, 0.05) is 35.8 Å².